The number of furan rings is 1. The molecular formula is C16H26N2O4. The molecular weight excluding hydrogens is 284 g/mol. The Morgan fingerprint density at radius 1 is 1.36 bits per heavy atom. The van der Waals surface area contributed by atoms with Crippen LogP contribution in [-0.2, 0) is 16.1 Å². The number of amides is 2. The second-order valence-electron chi connectivity index (χ2n) is 6.31. The Bertz CT molecular complexity index is 477. The monoisotopic (exact) mass is 310 g/mol. The lowest BCUT2D eigenvalue weighted by molar-refractivity contribution is -0.124. The van der Waals surface area contributed by atoms with Gasteiger partial charge in [0, 0.05) is 0 Å². The molecule has 1 rings (SSSR count). The van der Waals surface area contributed by atoms with E-state index in [1.165, 1.54) is 0 Å². The van der Waals surface area contributed by atoms with Crippen LogP contribution in [0.3, 0.4) is 0 Å². The van der Waals surface area contributed by atoms with E-state index in [1.807, 2.05) is 13.8 Å². The molecule has 0 aromatic carbocycles. The maximum absolute atomic E-state index is 12.3. The van der Waals surface area contributed by atoms with Gasteiger partial charge in [-0.05, 0) is 38.8 Å². The molecule has 6 heteroatoms. The summed E-state index contributed by atoms with van der Waals surface area (Å²) in [5.41, 5.74) is -0.602. The van der Waals surface area contributed by atoms with Gasteiger partial charge in [-0.2, -0.15) is 0 Å². The zero-order chi connectivity index (χ0) is 16.8. The summed E-state index contributed by atoms with van der Waals surface area (Å²) in [5, 5.41) is 5.42. The fourth-order valence-electron chi connectivity index (χ4n) is 1.83. The Balaban J connectivity index is 2.62. The maximum atomic E-state index is 12.3. The summed E-state index contributed by atoms with van der Waals surface area (Å²) in [4.78, 5) is 24.2. The van der Waals surface area contributed by atoms with Crippen molar-refractivity contribution in [2.45, 2.75) is 59.2 Å². The Labute approximate surface area is 131 Å². The molecule has 1 aromatic heterocycles. The summed E-state index contributed by atoms with van der Waals surface area (Å²) in [6.45, 7) is 9.50. The first-order chi connectivity index (χ1) is 10.2. The third-order valence-electron chi connectivity index (χ3n) is 3.18. The zero-order valence-corrected chi connectivity index (χ0v) is 13.9. The van der Waals surface area contributed by atoms with E-state index < -0.39 is 17.7 Å². The molecule has 22 heavy (non-hydrogen) atoms. The Kier molecular flexibility index (Phi) is 6.46. The van der Waals surface area contributed by atoms with Crippen molar-refractivity contribution >= 4 is 12.0 Å². The molecule has 124 valence electrons. The van der Waals surface area contributed by atoms with Crippen molar-refractivity contribution in [3.05, 3.63) is 24.2 Å². The van der Waals surface area contributed by atoms with Crippen LogP contribution in [0.5, 0.6) is 0 Å². The van der Waals surface area contributed by atoms with Crippen LogP contribution in [0.25, 0.3) is 0 Å². The molecule has 1 heterocycles. The van der Waals surface area contributed by atoms with Gasteiger partial charge >= 0.3 is 6.09 Å². The Hall–Kier alpha value is -1.98. The number of rotatable bonds is 6. The standard InChI is InChI=1S/C16H26N2O4/c1-6-11(2)13(18-15(20)22-16(3,4)5)14(19)17-10-12-8-7-9-21-12/h7-9,11,13H,6,10H2,1-5H3,(H,17,19)(H,18,20)/t11-,13+/m0/s1. The largest absolute Gasteiger partial charge is 0.467 e. The van der Waals surface area contributed by atoms with Gasteiger partial charge in [0.2, 0.25) is 5.91 Å². The van der Waals surface area contributed by atoms with Crippen molar-refractivity contribution in [2.24, 2.45) is 5.92 Å². The molecule has 0 saturated carbocycles. The molecule has 0 radical (unpaired) electrons. The second-order valence-corrected chi connectivity index (χ2v) is 6.31. The minimum Gasteiger partial charge on any atom is -0.467 e. The van der Waals surface area contributed by atoms with Crippen molar-refractivity contribution in [1.29, 1.82) is 0 Å². The van der Waals surface area contributed by atoms with Gasteiger partial charge in [-0.25, -0.2) is 4.79 Å². The number of alkyl carbamates (subject to hydrolysis) is 1. The minimum atomic E-state index is -0.644. The van der Waals surface area contributed by atoms with Crippen molar-refractivity contribution in [3.8, 4) is 0 Å². The number of carbonyl (C=O) groups excluding carboxylic acids is 2. The van der Waals surface area contributed by atoms with E-state index in [9.17, 15) is 9.59 Å². The lowest BCUT2D eigenvalue weighted by Crippen LogP contribution is -2.51. The van der Waals surface area contributed by atoms with Crippen molar-refractivity contribution in [3.63, 3.8) is 0 Å². The van der Waals surface area contributed by atoms with Gasteiger partial charge in [0.05, 0.1) is 12.8 Å². The van der Waals surface area contributed by atoms with E-state index in [-0.39, 0.29) is 18.4 Å². The second kappa shape index (κ2) is 7.87. The lowest BCUT2D eigenvalue weighted by Gasteiger charge is -2.26. The van der Waals surface area contributed by atoms with Crippen LogP contribution in [0.4, 0.5) is 4.79 Å². The van der Waals surface area contributed by atoms with E-state index in [2.05, 4.69) is 10.6 Å². The van der Waals surface area contributed by atoms with Gasteiger partial charge in [0.1, 0.15) is 17.4 Å². The predicted octanol–water partition coefficient (Wildman–Crippen LogP) is 2.84. The highest BCUT2D eigenvalue weighted by molar-refractivity contribution is 5.85. The summed E-state index contributed by atoms with van der Waals surface area (Å²) >= 11 is 0. The highest BCUT2D eigenvalue weighted by Gasteiger charge is 2.28. The number of hydrogen-bond donors (Lipinski definition) is 2. The molecule has 2 N–H and O–H groups in total. The molecule has 0 aliphatic carbocycles. The fraction of sp³-hybridized carbons (Fsp3) is 0.625. The van der Waals surface area contributed by atoms with Crippen LogP contribution >= 0.6 is 0 Å². The molecule has 0 aliphatic heterocycles. The molecule has 0 spiro atoms. The molecule has 0 unspecified atom stereocenters. The SMILES string of the molecule is CC[C@H](C)[C@@H](NC(=O)OC(C)(C)C)C(=O)NCc1ccco1. The molecule has 0 bridgehead atoms. The van der Waals surface area contributed by atoms with Gasteiger partial charge in [-0.1, -0.05) is 20.3 Å². The van der Waals surface area contributed by atoms with Gasteiger partial charge in [0.25, 0.3) is 0 Å². The highest BCUT2D eigenvalue weighted by atomic mass is 16.6. The van der Waals surface area contributed by atoms with E-state index in [0.29, 0.717) is 5.76 Å². The molecule has 2 amide bonds. The number of hydrogen-bond acceptors (Lipinski definition) is 4. The smallest absolute Gasteiger partial charge is 0.408 e. The van der Waals surface area contributed by atoms with E-state index in [0.717, 1.165) is 6.42 Å². The average molecular weight is 310 g/mol. The van der Waals surface area contributed by atoms with Gasteiger partial charge < -0.3 is 19.8 Å². The molecule has 6 nitrogen and oxygen atoms in total. The van der Waals surface area contributed by atoms with Crippen molar-refractivity contribution in [1.82, 2.24) is 10.6 Å². The van der Waals surface area contributed by atoms with Crippen LogP contribution in [-0.4, -0.2) is 23.6 Å². The topological polar surface area (TPSA) is 80.6 Å². The summed E-state index contributed by atoms with van der Waals surface area (Å²) in [7, 11) is 0. The first-order valence-corrected chi connectivity index (χ1v) is 7.52. The summed E-state index contributed by atoms with van der Waals surface area (Å²) in [6, 6.07) is 2.89. The van der Waals surface area contributed by atoms with Gasteiger partial charge in [-0.3, -0.25) is 4.79 Å². The maximum Gasteiger partial charge on any atom is 0.408 e. The van der Waals surface area contributed by atoms with E-state index >= 15 is 0 Å². The highest BCUT2D eigenvalue weighted by Crippen LogP contribution is 2.11. The normalized spacial score (nSPS) is 14.0. The predicted molar refractivity (Wildman–Crippen MR) is 83.2 cm³/mol. The molecule has 2 atom stereocenters. The van der Waals surface area contributed by atoms with Crippen molar-refractivity contribution in [2.75, 3.05) is 0 Å². The fourth-order valence-corrected chi connectivity index (χ4v) is 1.83. The summed E-state index contributed by atoms with van der Waals surface area (Å²) in [5.74, 6) is 0.397. The van der Waals surface area contributed by atoms with Crippen LogP contribution in [0, 0.1) is 5.92 Å². The first kappa shape index (κ1) is 18.1. The van der Waals surface area contributed by atoms with Gasteiger partial charge in [0.15, 0.2) is 0 Å². The van der Waals surface area contributed by atoms with Crippen LogP contribution in [0.1, 0.15) is 46.8 Å². The third-order valence-corrected chi connectivity index (χ3v) is 3.18. The first-order valence-electron chi connectivity index (χ1n) is 7.52. The van der Waals surface area contributed by atoms with E-state index in [4.69, 9.17) is 9.15 Å². The Morgan fingerprint density at radius 3 is 2.55 bits per heavy atom. The quantitative estimate of drug-likeness (QED) is 0.846. The van der Waals surface area contributed by atoms with Crippen LogP contribution in [0.2, 0.25) is 0 Å². The van der Waals surface area contributed by atoms with Crippen LogP contribution < -0.4 is 10.6 Å². The number of carbonyl (C=O) groups is 2. The Morgan fingerprint density at radius 2 is 2.05 bits per heavy atom. The average Bonchev–Trinajstić information content (AvgIpc) is 2.92. The molecule has 0 fully saturated rings. The molecule has 1 aromatic rings. The third kappa shape index (κ3) is 6.20. The summed E-state index contributed by atoms with van der Waals surface area (Å²) in [6.07, 6.45) is 1.72. The number of nitrogens with one attached hydrogen (secondary N) is 2. The van der Waals surface area contributed by atoms with Crippen molar-refractivity contribution < 1.29 is 18.7 Å². The lowest BCUT2D eigenvalue weighted by atomic mass is 9.98. The molecule has 0 aliphatic rings. The minimum absolute atomic E-state index is 0.0101. The van der Waals surface area contributed by atoms with Gasteiger partial charge in [-0.15, -0.1) is 0 Å². The number of ether oxygens (including phenoxy) is 1. The summed E-state index contributed by atoms with van der Waals surface area (Å²) < 4.78 is 10.4. The van der Waals surface area contributed by atoms with E-state index in [1.54, 1.807) is 39.2 Å². The van der Waals surface area contributed by atoms with Crippen LogP contribution in [0.15, 0.2) is 22.8 Å². The molecule has 0 saturated heterocycles. The zero-order valence-electron chi connectivity index (χ0n) is 13.9.